The minimum absolute atomic E-state index is 0.0479. The molecule has 15 atom stereocenters. The van der Waals surface area contributed by atoms with Crippen LogP contribution in [0.25, 0.3) is 11.0 Å². The van der Waals surface area contributed by atoms with Gasteiger partial charge in [0.2, 0.25) is 17.7 Å². The van der Waals surface area contributed by atoms with Crippen molar-refractivity contribution in [3.05, 3.63) is 45.8 Å². The van der Waals surface area contributed by atoms with Crippen LogP contribution in [0.2, 0.25) is 0 Å². The lowest BCUT2D eigenvalue weighted by atomic mass is 9.75. The fourth-order valence-electron chi connectivity index (χ4n) is 7.42. The maximum Gasteiger partial charge on any atom is 0.339 e. The zero-order chi connectivity index (χ0) is 40.7. The number of hydrogen-bond donors (Lipinski definition) is 10. The number of rotatable bonds is 10. The number of benzene rings is 1. The Hall–Kier alpha value is -3.52. The van der Waals surface area contributed by atoms with Gasteiger partial charge in [0.15, 0.2) is 24.4 Å². The number of aliphatic hydroxyl groups is 8. The van der Waals surface area contributed by atoms with E-state index in [1.807, 2.05) is 0 Å². The van der Waals surface area contributed by atoms with Crippen molar-refractivity contribution in [3.8, 4) is 0 Å². The SMILES string of the molecule is CC(=O)N[C@H]1[C@H](O[C@H]2[C@H](O)[C@@H](N)[C@H](O[C@@H]3[C@@H](CO)OC(O)[C@](c4ccc5cc(C)c(=O)oc5c4)(N(C(C)=O)C(C)=O)[C@H]3O)O[C@@H]2CO)O[C@H](CO)[C@@H](O)[C@@H]1O. The summed E-state index contributed by atoms with van der Waals surface area (Å²) in [4.78, 5) is 51.2. The van der Waals surface area contributed by atoms with Gasteiger partial charge >= 0.3 is 5.63 Å². The third kappa shape index (κ3) is 7.78. The first-order valence-electron chi connectivity index (χ1n) is 17.3. The van der Waals surface area contributed by atoms with Crippen molar-refractivity contribution in [2.75, 3.05) is 19.8 Å². The Morgan fingerprint density at radius 2 is 1.40 bits per heavy atom. The van der Waals surface area contributed by atoms with Crippen molar-refractivity contribution in [2.45, 2.75) is 119 Å². The lowest BCUT2D eigenvalue weighted by Crippen LogP contribution is -2.74. The molecule has 1 aromatic heterocycles. The second kappa shape index (κ2) is 16.9. The minimum atomic E-state index is -2.54. The summed E-state index contributed by atoms with van der Waals surface area (Å²) < 4.78 is 34.5. The monoisotopic (exact) mass is 785 g/mol. The number of nitrogens with one attached hydrogen (secondary N) is 1. The number of nitrogens with zero attached hydrogens (tertiary/aromatic N) is 1. The molecule has 3 aliphatic heterocycles. The van der Waals surface area contributed by atoms with Crippen LogP contribution in [-0.4, -0.2) is 169 Å². The molecule has 1 aromatic carbocycles. The topological polar surface area (TPSA) is 331 Å². The van der Waals surface area contributed by atoms with E-state index in [1.165, 1.54) is 31.2 Å². The highest BCUT2D eigenvalue weighted by molar-refractivity contribution is 5.94. The van der Waals surface area contributed by atoms with E-state index in [9.17, 15) is 60.0 Å². The minimum Gasteiger partial charge on any atom is -0.423 e. The van der Waals surface area contributed by atoms with Gasteiger partial charge in [0.05, 0.1) is 25.9 Å². The molecular weight excluding hydrogens is 738 g/mol. The van der Waals surface area contributed by atoms with E-state index in [2.05, 4.69) is 5.32 Å². The highest BCUT2D eigenvalue weighted by Gasteiger charge is 2.63. The summed E-state index contributed by atoms with van der Waals surface area (Å²) in [6, 6.07) is 2.47. The number of carbonyl (C=O) groups is 3. The van der Waals surface area contributed by atoms with Crippen LogP contribution in [0.15, 0.2) is 33.5 Å². The van der Waals surface area contributed by atoms with E-state index in [0.717, 1.165) is 20.8 Å². The van der Waals surface area contributed by atoms with Gasteiger partial charge in [0.25, 0.3) is 0 Å². The molecule has 3 aliphatic rings. The predicted octanol–water partition coefficient (Wildman–Crippen LogP) is -5.12. The molecule has 21 heteroatoms. The normalized spacial score (nSPS) is 38.1. The van der Waals surface area contributed by atoms with Crippen LogP contribution in [0.3, 0.4) is 0 Å². The molecule has 0 saturated carbocycles. The molecule has 3 amide bonds. The van der Waals surface area contributed by atoms with Crippen LogP contribution in [0, 0.1) is 6.92 Å². The summed E-state index contributed by atoms with van der Waals surface area (Å²) >= 11 is 0. The van der Waals surface area contributed by atoms with Crippen molar-refractivity contribution >= 4 is 28.7 Å². The number of nitrogens with two attached hydrogens (primary N) is 1. The molecule has 4 heterocycles. The standard InChI is InChI=1S/C34H47N3O18/c1-12-7-16-5-6-17(8-18(16)50-30(12)48)34(37(14(3)42)15(4)43)29(47)28(21(11-40)53-33(34)49)55-31-22(35)25(45)27(20(10-39)52-31)54-32-23(36-13(2)41)26(46)24(44)19(9-38)51-32/h5-8,19-29,31-33,38-40,44-47,49H,9-11,35H2,1-4H3,(H,36,41)/t19-,20-,21-,22-,23-,24-,25-,26-,27-,28-,29+,31+,32+,33?,34-/m1/s1. The molecule has 3 fully saturated rings. The Bertz CT molecular complexity index is 1760. The zero-order valence-corrected chi connectivity index (χ0v) is 30.2. The predicted molar refractivity (Wildman–Crippen MR) is 181 cm³/mol. The number of fused-ring (bicyclic) bond motifs is 1. The molecule has 5 rings (SSSR count). The van der Waals surface area contributed by atoms with Gasteiger partial charge in [0, 0.05) is 31.7 Å². The molecular formula is C34H47N3O18. The molecule has 3 saturated heterocycles. The van der Waals surface area contributed by atoms with Crippen LogP contribution in [-0.2, 0) is 43.6 Å². The maximum absolute atomic E-state index is 13.2. The molecule has 2 aromatic rings. The first kappa shape index (κ1) is 42.6. The molecule has 1 unspecified atom stereocenters. The average Bonchev–Trinajstić information content (AvgIpc) is 3.13. The van der Waals surface area contributed by atoms with Gasteiger partial charge in [-0.25, -0.2) is 4.79 Å². The fourth-order valence-corrected chi connectivity index (χ4v) is 7.42. The summed E-state index contributed by atoms with van der Waals surface area (Å²) in [6.45, 7) is 2.01. The van der Waals surface area contributed by atoms with Gasteiger partial charge in [-0.15, -0.1) is 0 Å². The number of ether oxygens (including phenoxy) is 5. The lowest BCUT2D eigenvalue weighted by Gasteiger charge is -2.55. The van der Waals surface area contributed by atoms with E-state index in [0.29, 0.717) is 10.3 Å². The summed E-state index contributed by atoms with van der Waals surface area (Å²) in [6.07, 6.45) is -21.0. The first-order valence-corrected chi connectivity index (χ1v) is 17.3. The number of hydrogen-bond acceptors (Lipinski definition) is 19. The largest absolute Gasteiger partial charge is 0.423 e. The van der Waals surface area contributed by atoms with Crippen molar-refractivity contribution < 1.29 is 83.3 Å². The molecule has 0 radical (unpaired) electrons. The van der Waals surface area contributed by atoms with Gasteiger partial charge in [-0.2, -0.15) is 0 Å². The summed E-state index contributed by atoms with van der Waals surface area (Å²) in [7, 11) is 0. The van der Waals surface area contributed by atoms with E-state index in [4.69, 9.17) is 33.8 Å². The molecule has 0 spiro atoms. The molecule has 21 nitrogen and oxygen atoms in total. The van der Waals surface area contributed by atoms with Crippen LogP contribution in [0.5, 0.6) is 0 Å². The van der Waals surface area contributed by atoms with E-state index in [1.54, 1.807) is 0 Å². The van der Waals surface area contributed by atoms with Crippen molar-refractivity contribution in [1.29, 1.82) is 0 Å². The second-order valence-electron chi connectivity index (χ2n) is 13.8. The number of amides is 3. The second-order valence-corrected chi connectivity index (χ2v) is 13.8. The first-order chi connectivity index (χ1) is 25.9. The molecule has 306 valence electrons. The van der Waals surface area contributed by atoms with Gasteiger partial charge < -0.3 is 80.0 Å². The highest BCUT2D eigenvalue weighted by Crippen LogP contribution is 2.45. The van der Waals surface area contributed by atoms with Crippen molar-refractivity contribution in [1.82, 2.24) is 10.2 Å². The summed E-state index contributed by atoms with van der Waals surface area (Å²) in [5.41, 5.74) is 3.17. The van der Waals surface area contributed by atoms with E-state index in [-0.39, 0.29) is 16.7 Å². The number of imide groups is 1. The third-order valence-corrected chi connectivity index (χ3v) is 10.1. The van der Waals surface area contributed by atoms with Gasteiger partial charge in [-0.1, -0.05) is 12.1 Å². The van der Waals surface area contributed by atoms with Crippen LogP contribution >= 0.6 is 0 Å². The summed E-state index contributed by atoms with van der Waals surface area (Å²) in [5.74, 6) is -2.60. The zero-order valence-electron chi connectivity index (χ0n) is 30.2. The lowest BCUT2D eigenvalue weighted by molar-refractivity contribution is -0.362. The van der Waals surface area contributed by atoms with Crippen LogP contribution in [0.4, 0.5) is 0 Å². The van der Waals surface area contributed by atoms with Gasteiger partial charge in [0.1, 0.15) is 66.6 Å². The smallest absolute Gasteiger partial charge is 0.339 e. The fraction of sp³-hybridized carbons (Fsp3) is 0.647. The van der Waals surface area contributed by atoms with Crippen LogP contribution in [0.1, 0.15) is 31.9 Å². The number of aliphatic hydroxyl groups excluding tert-OH is 8. The summed E-state index contributed by atoms with van der Waals surface area (Å²) in [5, 5.41) is 89.5. The Kier molecular flexibility index (Phi) is 13.1. The Labute approximate surface area is 312 Å². The molecule has 11 N–H and O–H groups in total. The van der Waals surface area contributed by atoms with Gasteiger partial charge in [-0.3, -0.25) is 19.3 Å². The molecule has 0 bridgehead atoms. The Balaban J connectivity index is 1.51. The van der Waals surface area contributed by atoms with Gasteiger partial charge in [-0.05, 0) is 24.6 Å². The molecule has 55 heavy (non-hydrogen) atoms. The molecule has 0 aliphatic carbocycles. The van der Waals surface area contributed by atoms with Crippen molar-refractivity contribution in [2.24, 2.45) is 5.73 Å². The number of carbonyl (C=O) groups excluding carboxylic acids is 3. The Morgan fingerprint density at radius 3 is 1.98 bits per heavy atom. The number of aryl methyl sites for hydroxylation is 1. The van der Waals surface area contributed by atoms with Crippen molar-refractivity contribution in [3.63, 3.8) is 0 Å². The quantitative estimate of drug-likeness (QED) is 0.101. The van der Waals surface area contributed by atoms with E-state index < -0.39 is 135 Å². The highest BCUT2D eigenvalue weighted by atomic mass is 16.7. The maximum atomic E-state index is 13.2. The average molecular weight is 786 g/mol. The van der Waals surface area contributed by atoms with Crippen LogP contribution < -0.4 is 16.7 Å². The Morgan fingerprint density at radius 1 is 0.818 bits per heavy atom. The third-order valence-electron chi connectivity index (χ3n) is 10.1. The van der Waals surface area contributed by atoms with E-state index >= 15 is 0 Å².